The number of hydrogen-bond donors (Lipinski definition) is 1. The van der Waals surface area contributed by atoms with Gasteiger partial charge in [0.2, 0.25) is 0 Å². The summed E-state index contributed by atoms with van der Waals surface area (Å²) in [5.41, 5.74) is 1.41. The molecule has 0 aliphatic carbocycles. The Hall–Kier alpha value is -3.85. The Bertz CT molecular complexity index is 1730. The zero-order valence-electron chi connectivity index (χ0n) is 22.8. The Kier molecular flexibility index (Phi) is 9.38. The maximum Gasteiger partial charge on any atom is 0.341 e. The largest absolute Gasteiger partial charge is 0.497 e. The molecule has 3 aromatic rings. The molecule has 0 bridgehead atoms. The number of nitrogens with zero attached hydrogens (tertiary/aromatic N) is 2. The first kappa shape index (κ1) is 30.1. The number of halogens is 1. The van der Waals surface area contributed by atoms with E-state index >= 15 is 0 Å². The first-order valence-electron chi connectivity index (χ1n) is 12.3. The molecule has 1 aromatic heterocycles. The zero-order chi connectivity index (χ0) is 29.8. The first-order chi connectivity index (χ1) is 19.6. The van der Waals surface area contributed by atoms with E-state index in [0.29, 0.717) is 47.0 Å². The number of fused-ring (bicyclic) bond motifs is 1. The lowest BCUT2D eigenvalue weighted by Crippen LogP contribution is -2.40. The maximum atomic E-state index is 14.0. The summed E-state index contributed by atoms with van der Waals surface area (Å²) in [6.07, 6.45) is 1.68. The molecule has 1 N–H and O–H groups in total. The molecule has 0 fully saturated rings. The molecule has 2 aromatic carbocycles. The van der Waals surface area contributed by atoms with Gasteiger partial charge in [0.1, 0.15) is 17.5 Å². The second-order valence-electron chi connectivity index (χ2n) is 8.63. The number of hydrogen-bond acceptors (Lipinski definition) is 10. The SMILES string of the molecule is CCOC(=O)C1=C(C)N=c2s/c(=C\c3cc(I)c(OCC(=O)O)c(OC)c3)c(=O)n2[C@@H]1c1cc(OC)ccc1OC. The van der Waals surface area contributed by atoms with Crippen LogP contribution in [0.15, 0.2) is 51.4 Å². The Morgan fingerprint density at radius 2 is 1.85 bits per heavy atom. The van der Waals surface area contributed by atoms with Crippen LogP contribution in [0.25, 0.3) is 6.08 Å². The minimum atomic E-state index is -1.12. The molecule has 41 heavy (non-hydrogen) atoms. The van der Waals surface area contributed by atoms with E-state index in [-0.39, 0.29) is 23.5 Å². The van der Waals surface area contributed by atoms with Crippen LogP contribution in [-0.2, 0) is 14.3 Å². The molecule has 0 amide bonds. The van der Waals surface area contributed by atoms with Gasteiger partial charge in [0.05, 0.1) is 47.3 Å². The van der Waals surface area contributed by atoms with Gasteiger partial charge in [0.15, 0.2) is 22.9 Å². The standard InChI is InChI=1S/C28H27IN2O9S/c1-6-39-27(35)23-14(2)30-28-31(24(23)17-12-16(36-3)7-8-19(17)37-4)26(34)21(41-28)11-15-9-18(29)25(20(10-15)38-5)40-13-22(32)33/h7-12,24H,6,13H2,1-5H3,(H,32,33)/b21-11-/t24-/m1/s1. The monoisotopic (exact) mass is 694 g/mol. The van der Waals surface area contributed by atoms with Gasteiger partial charge in [-0.2, -0.15) is 0 Å². The van der Waals surface area contributed by atoms with Gasteiger partial charge in [0, 0.05) is 5.56 Å². The van der Waals surface area contributed by atoms with Crippen molar-refractivity contribution in [2.24, 2.45) is 4.99 Å². The summed E-state index contributed by atoms with van der Waals surface area (Å²) in [5, 5.41) is 8.99. The van der Waals surface area contributed by atoms with Gasteiger partial charge < -0.3 is 28.8 Å². The van der Waals surface area contributed by atoms with E-state index in [0.717, 1.165) is 11.3 Å². The highest BCUT2D eigenvalue weighted by atomic mass is 127. The van der Waals surface area contributed by atoms with Crippen molar-refractivity contribution in [1.82, 2.24) is 4.57 Å². The van der Waals surface area contributed by atoms with Crippen molar-refractivity contribution in [2.75, 3.05) is 34.5 Å². The number of ether oxygens (including phenoxy) is 5. The molecule has 0 unspecified atom stereocenters. The van der Waals surface area contributed by atoms with Crippen LogP contribution in [0.3, 0.4) is 0 Å². The van der Waals surface area contributed by atoms with Crippen molar-refractivity contribution in [2.45, 2.75) is 19.9 Å². The number of aromatic nitrogens is 1. The van der Waals surface area contributed by atoms with Crippen LogP contribution in [0.4, 0.5) is 0 Å². The fraction of sp³-hybridized carbons (Fsp3) is 0.286. The minimum Gasteiger partial charge on any atom is -0.497 e. The molecular formula is C28H27IN2O9S. The van der Waals surface area contributed by atoms with E-state index in [1.807, 2.05) is 22.6 Å². The molecule has 4 rings (SSSR count). The van der Waals surface area contributed by atoms with Crippen molar-refractivity contribution in [3.8, 4) is 23.0 Å². The molecule has 1 aliphatic rings. The third-order valence-corrected chi connectivity index (χ3v) is 7.92. The number of carbonyl (C=O) groups excluding carboxylic acids is 1. The minimum absolute atomic E-state index is 0.147. The first-order valence-corrected chi connectivity index (χ1v) is 14.2. The zero-order valence-corrected chi connectivity index (χ0v) is 25.8. The number of carboxylic acids is 1. The van der Waals surface area contributed by atoms with Crippen LogP contribution in [0, 0.1) is 3.57 Å². The van der Waals surface area contributed by atoms with Gasteiger partial charge in [-0.3, -0.25) is 9.36 Å². The molecule has 2 heterocycles. The highest BCUT2D eigenvalue weighted by Crippen LogP contribution is 2.38. The number of allylic oxidation sites excluding steroid dienone is 1. The van der Waals surface area contributed by atoms with Gasteiger partial charge >= 0.3 is 11.9 Å². The number of rotatable bonds is 10. The van der Waals surface area contributed by atoms with Gasteiger partial charge in [-0.1, -0.05) is 11.3 Å². The van der Waals surface area contributed by atoms with Gasteiger partial charge in [-0.25, -0.2) is 14.6 Å². The smallest absolute Gasteiger partial charge is 0.341 e. The van der Waals surface area contributed by atoms with Crippen LogP contribution in [0.1, 0.15) is 31.0 Å². The molecule has 0 radical (unpaired) electrons. The van der Waals surface area contributed by atoms with Gasteiger partial charge in [0.25, 0.3) is 5.56 Å². The fourth-order valence-corrected chi connectivity index (χ4v) is 6.22. The van der Waals surface area contributed by atoms with Crippen molar-refractivity contribution in [1.29, 1.82) is 0 Å². The molecule has 1 aliphatic heterocycles. The van der Waals surface area contributed by atoms with E-state index < -0.39 is 24.6 Å². The quantitative estimate of drug-likeness (QED) is 0.251. The molecule has 216 valence electrons. The third kappa shape index (κ3) is 6.10. The van der Waals surface area contributed by atoms with Crippen molar-refractivity contribution in [3.05, 3.63) is 76.0 Å². The molecule has 0 saturated carbocycles. The van der Waals surface area contributed by atoms with Crippen LogP contribution in [0.5, 0.6) is 23.0 Å². The third-order valence-electron chi connectivity index (χ3n) is 6.14. The normalized spacial score (nSPS) is 14.7. The second-order valence-corrected chi connectivity index (χ2v) is 10.8. The highest BCUT2D eigenvalue weighted by Gasteiger charge is 2.35. The number of carbonyl (C=O) groups is 2. The van der Waals surface area contributed by atoms with Crippen molar-refractivity contribution < 1.29 is 38.4 Å². The molecule has 0 spiro atoms. The number of thiazole rings is 1. The molecular weight excluding hydrogens is 667 g/mol. The lowest BCUT2D eigenvalue weighted by Gasteiger charge is -2.26. The number of esters is 1. The number of benzene rings is 2. The molecule has 0 saturated heterocycles. The van der Waals surface area contributed by atoms with Crippen molar-refractivity contribution >= 4 is 51.9 Å². The molecule has 11 nitrogen and oxygen atoms in total. The number of carboxylic acid groups (broad SMARTS) is 1. The topological polar surface area (TPSA) is 135 Å². The number of aliphatic carboxylic acids is 1. The maximum absolute atomic E-state index is 14.0. The van der Waals surface area contributed by atoms with Gasteiger partial charge in [-0.15, -0.1) is 0 Å². The van der Waals surface area contributed by atoms with Crippen molar-refractivity contribution in [3.63, 3.8) is 0 Å². The Balaban J connectivity index is 1.94. The summed E-state index contributed by atoms with van der Waals surface area (Å²) in [4.78, 5) is 43.2. The predicted molar refractivity (Wildman–Crippen MR) is 159 cm³/mol. The van der Waals surface area contributed by atoms with Crippen LogP contribution in [-0.4, -0.2) is 56.2 Å². The van der Waals surface area contributed by atoms with E-state index in [2.05, 4.69) is 4.99 Å². The lowest BCUT2D eigenvalue weighted by atomic mass is 9.94. The predicted octanol–water partition coefficient (Wildman–Crippen LogP) is 2.89. The average Bonchev–Trinajstić information content (AvgIpc) is 3.24. The van der Waals surface area contributed by atoms with E-state index in [9.17, 15) is 14.4 Å². The van der Waals surface area contributed by atoms with E-state index in [1.54, 1.807) is 50.3 Å². The summed E-state index contributed by atoms with van der Waals surface area (Å²) in [5.74, 6) is -0.127. The summed E-state index contributed by atoms with van der Waals surface area (Å²) >= 11 is 3.18. The summed E-state index contributed by atoms with van der Waals surface area (Å²) < 4.78 is 29.6. The molecule has 13 heteroatoms. The Labute approximate surface area is 252 Å². The second kappa shape index (κ2) is 12.8. The summed E-state index contributed by atoms with van der Waals surface area (Å²) in [6.45, 7) is 3.03. The molecule has 1 atom stereocenters. The van der Waals surface area contributed by atoms with E-state index in [1.165, 1.54) is 25.9 Å². The lowest BCUT2D eigenvalue weighted by molar-refractivity contribution is -0.140. The fourth-order valence-electron chi connectivity index (χ4n) is 4.39. The highest BCUT2D eigenvalue weighted by molar-refractivity contribution is 14.1. The summed E-state index contributed by atoms with van der Waals surface area (Å²) in [7, 11) is 4.48. The Morgan fingerprint density at radius 3 is 2.49 bits per heavy atom. The van der Waals surface area contributed by atoms with Crippen LogP contribution in [0.2, 0.25) is 0 Å². The summed E-state index contributed by atoms with van der Waals surface area (Å²) in [6, 6.07) is 7.67. The van der Waals surface area contributed by atoms with Gasteiger partial charge in [-0.05, 0) is 78.4 Å². The Morgan fingerprint density at radius 1 is 1.12 bits per heavy atom. The van der Waals surface area contributed by atoms with E-state index in [4.69, 9.17) is 28.8 Å². The van der Waals surface area contributed by atoms with Crippen LogP contribution < -0.4 is 33.8 Å². The number of methoxy groups -OCH3 is 3. The van der Waals surface area contributed by atoms with Crippen LogP contribution >= 0.6 is 33.9 Å². The average molecular weight is 695 g/mol.